The number of nitrogens with zero attached hydrogens (tertiary/aromatic N) is 2. The molecule has 0 spiro atoms. The van der Waals surface area contributed by atoms with Gasteiger partial charge in [-0.15, -0.1) is 17.9 Å². The number of thiophene rings is 1. The smallest absolute Gasteiger partial charge is 0.337 e. The maximum absolute atomic E-state index is 13.4. The van der Waals surface area contributed by atoms with Gasteiger partial charge in [0.25, 0.3) is 5.56 Å². The van der Waals surface area contributed by atoms with Gasteiger partial charge in [-0.2, -0.15) is 0 Å². The molecule has 0 aliphatic carbocycles. The highest BCUT2D eigenvalue weighted by molar-refractivity contribution is 7.18. The van der Waals surface area contributed by atoms with E-state index >= 15 is 0 Å². The van der Waals surface area contributed by atoms with E-state index in [1.165, 1.54) is 15.9 Å². The lowest BCUT2D eigenvalue weighted by atomic mass is 9.94. The first kappa shape index (κ1) is 18.2. The summed E-state index contributed by atoms with van der Waals surface area (Å²) in [7, 11) is 0. The molecule has 5 nitrogen and oxygen atoms in total. The van der Waals surface area contributed by atoms with Crippen LogP contribution in [0.5, 0.6) is 0 Å². The number of rotatable bonds is 3. The Labute approximate surface area is 165 Å². The Morgan fingerprint density at radius 3 is 2.67 bits per heavy atom. The lowest BCUT2D eigenvalue weighted by Crippen LogP contribution is -2.39. The van der Waals surface area contributed by atoms with Crippen LogP contribution in [-0.4, -0.2) is 14.7 Å². The van der Waals surface area contributed by atoms with Gasteiger partial charge in [-0.25, -0.2) is 9.36 Å². The molecule has 4 rings (SSSR count). The van der Waals surface area contributed by atoms with Gasteiger partial charge in [0.1, 0.15) is 4.83 Å². The molecule has 0 N–H and O–H groups in total. The Hall–Kier alpha value is -2.15. The summed E-state index contributed by atoms with van der Waals surface area (Å²) in [6, 6.07) is 6.71. The quantitative estimate of drug-likeness (QED) is 0.624. The first-order valence-electron chi connectivity index (χ1n) is 8.63. The molecular formula is C20H19ClN2O3S. The highest BCUT2D eigenvalue weighted by Crippen LogP contribution is 2.37. The van der Waals surface area contributed by atoms with Gasteiger partial charge >= 0.3 is 5.69 Å². The molecule has 140 valence electrons. The minimum atomic E-state index is -0.381. The maximum Gasteiger partial charge on any atom is 0.337 e. The van der Waals surface area contributed by atoms with Gasteiger partial charge < -0.3 is 4.74 Å². The number of allylic oxidation sites excluding steroid dienone is 1. The molecule has 0 amide bonds. The van der Waals surface area contributed by atoms with Crippen molar-refractivity contribution >= 4 is 33.2 Å². The predicted molar refractivity (Wildman–Crippen MR) is 109 cm³/mol. The molecule has 0 atom stereocenters. The highest BCUT2D eigenvalue weighted by Gasteiger charge is 2.32. The zero-order valence-electron chi connectivity index (χ0n) is 15.1. The van der Waals surface area contributed by atoms with Crippen LogP contribution in [0.25, 0.3) is 15.9 Å². The average molecular weight is 403 g/mol. The monoisotopic (exact) mass is 402 g/mol. The SMILES string of the molecule is C=CCn1c(=O)n(-c2ccc(Cl)cc2)c(=O)c2c3c(sc21)COC(C)(C)C3. The zero-order chi connectivity index (χ0) is 19.3. The molecule has 3 heterocycles. The summed E-state index contributed by atoms with van der Waals surface area (Å²) >= 11 is 7.42. The minimum absolute atomic E-state index is 0.298. The summed E-state index contributed by atoms with van der Waals surface area (Å²) in [5, 5.41) is 1.15. The van der Waals surface area contributed by atoms with E-state index in [0.29, 0.717) is 40.5 Å². The summed E-state index contributed by atoms with van der Waals surface area (Å²) in [4.78, 5) is 28.2. The third kappa shape index (κ3) is 2.98. The van der Waals surface area contributed by atoms with Gasteiger partial charge in [0.05, 0.1) is 23.3 Å². The number of hydrogen-bond donors (Lipinski definition) is 0. The fourth-order valence-electron chi connectivity index (χ4n) is 3.46. The van der Waals surface area contributed by atoms with E-state index in [0.717, 1.165) is 10.4 Å². The van der Waals surface area contributed by atoms with Crippen LogP contribution < -0.4 is 11.2 Å². The van der Waals surface area contributed by atoms with Crippen molar-refractivity contribution in [3.8, 4) is 5.69 Å². The van der Waals surface area contributed by atoms with E-state index in [4.69, 9.17) is 16.3 Å². The second-order valence-electron chi connectivity index (χ2n) is 7.21. The van der Waals surface area contributed by atoms with Crippen molar-refractivity contribution in [2.75, 3.05) is 0 Å². The molecule has 0 saturated carbocycles. The summed E-state index contributed by atoms with van der Waals surface area (Å²) < 4.78 is 8.72. The van der Waals surface area contributed by atoms with Crippen molar-refractivity contribution in [2.45, 2.75) is 39.0 Å². The third-order valence-electron chi connectivity index (χ3n) is 4.75. The van der Waals surface area contributed by atoms with Crippen LogP contribution in [0.2, 0.25) is 5.02 Å². The lowest BCUT2D eigenvalue weighted by Gasteiger charge is -2.29. The molecule has 2 aromatic heterocycles. The fourth-order valence-corrected chi connectivity index (χ4v) is 4.81. The molecule has 1 aliphatic heterocycles. The van der Waals surface area contributed by atoms with Crippen LogP contribution in [0, 0.1) is 0 Å². The predicted octanol–water partition coefficient (Wildman–Crippen LogP) is 3.90. The molecule has 1 aromatic carbocycles. The van der Waals surface area contributed by atoms with Crippen LogP contribution in [0.4, 0.5) is 0 Å². The largest absolute Gasteiger partial charge is 0.370 e. The van der Waals surface area contributed by atoms with E-state index < -0.39 is 0 Å². The van der Waals surface area contributed by atoms with E-state index in [9.17, 15) is 9.59 Å². The van der Waals surface area contributed by atoms with E-state index in [1.54, 1.807) is 34.9 Å². The molecule has 0 fully saturated rings. The Balaban J connectivity index is 2.11. The van der Waals surface area contributed by atoms with Crippen molar-refractivity contribution in [3.05, 3.63) is 73.2 Å². The number of aromatic nitrogens is 2. The summed E-state index contributed by atoms with van der Waals surface area (Å²) in [5.41, 5.74) is 0.455. The normalized spacial score (nSPS) is 15.7. The molecule has 3 aromatic rings. The molecule has 27 heavy (non-hydrogen) atoms. The first-order chi connectivity index (χ1) is 12.8. The maximum atomic E-state index is 13.4. The van der Waals surface area contributed by atoms with Gasteiger partial charge in [-0.1, -0.05) is 17.7 Å². The van der Waals surface area contributed by atoms with Gasteiger partial charge in [0.15, 0.2) is 0 Å². The molecule has 7 heteroatoms. The average Bonchev–Trinajstić information content (AvgIpc) is 2.98. The van der Waals surface area contributed by atoms with Crippen molar-refractivity contribution in [1.29, 1.82) is 0 Å². The second kappa shape index (κ2) is 6.48. The van der Waals surface area contributed by atoms with Crippen molar-refractivity contribution in [2.24, 2.45) is 0 Å². The number of hydrogen-bond acceptors (Lipinski definition) is 4. The Kier molecular flexibility index (Phi) is 4.37. The zero-order valence-corrected chi connectivity index (χ0v) is 16.7. The summed E-state index contributed by atoms with van der Waals surface area (Å²) in [6.07, 6.45) is 2.29. The van der Waals surface area contributed by atoms with Gasteiger partial charge in [-0.05, 0) is 43.7 Å². The Morgan fingerprint density at radius 1 is 1.30 bits per heavy atom. The van der Waals surface area contributed by atoms with E-state index in [1.807, 2.05) is 13.8 Å². The minimum Gasteiger partial charge on any atom is -0.370 e. The van der Waals surface area contributed by atoms with Crippen LogP contribution in [0.15, 0.2) is 46.5 Å². The van der Waals surface area contributed by atoms with Crippen LogP contribution in [-0.2, 0) is 24.3 Å². The van der Waals surface area contributed by atoms with Crippen LogP contribution in [0.3, 0.4) is 0 Å². The van der Waals surface area contributed by atoms with E-state index in [2.05, 4.69) is 6.58 Å². The van der Waals surface area contributed by atoms with Crippen LogP contribution >= 0.6 is 22.9 Å². The van der Waals surface area contributed by atoms with Gasteiger partial charge in [0.2, 0.25) is 0 Å². The molecule has 0 bridgehead atoms. The third-order valence-corrected chi connectivity index (χ3v) is 6.23. The number of halogens is 1. The van der Waals surface area contributed by atoms with Crippen molar-refractivity contribution < 1.29 is 4.74 Å². The van der Waals surface area contributed by atoms with Crippen LogP contribution in [0.1, 0.15) is 24.3 Å². The van der Waals surface area contributed by atoms with Gasteiger partial charge in [-0.3, -0.25) is 9.36 Å². The topological polar surface area (TPSA) is 53.2 Å². The fraction of sp³-hybridized carbons (Fsp3) is 0.300. The van der Waals surface area contributed by atoms with Crippen molar-refractivity contribution in [3.63, 3.8) is 0 Å². The van der Waals surface area contributed by atoms with Gasteiger partial charge in [0, 0.05) is 22.9 Å². The lowest BCUT2D eigenvalue weighted by molar-refractivity contribution is -0.0379. The number of fused-ring (bicyclic) bond motifs is 3. The van der Waals surface area contributed by atoms with Crippen molar-refractivity contribution in [1.82, 2.24) is 9.13 Å². The standard InChI is InChI=1S/C20H19ClN2O3S/c1-4-9-22-18-16(14-10-20(2,3)26-11-15(14)27-18)17(24)23(19(22)25)13-7-5-12(21)6-8-13/h4-8H,1,9-11H2,2-3H3. The number of ether oxygens (including phenoxy) is 1. The Morgan fingerprint density at radius 2 is 2.00 bits per heavy atom. The highest BCUT2D eigenvalue weighted by atomic mass is 35.5. The second-order valence-corrected chi connectivity index (χ2v) is 8.73. The molecule has 0 saturated heterocycles. The summed E-state index contributed by atoms with van der Waals surface area (Å²) in [5.74, 6) is 0. The summed E-state index contributed by atoms with van der Waals surface area (Å²) in [6.45, 7) is 8.56. The molecule has 1 aliphatic rings. The van der Waals surface area contributed by atoms with E-state index in [-0.39, 0.29) is 16.9 Å². The molecule has 0 radical (unpaired) electrons. The first-order valence-corrected chi connectivity index (χ1v) is 9.83. The number of benzene rings is 1. The molecule has 0 unspecified atom stereocenters. The molecular weight excluding hydrogens is 384 g/mol. The Bertz CT molecular complexity index is 1170.